The molecule has 1 aromatic carbocycles. The first-order valence-electron chi connectivity index (χ1n) is 5.86. The van der Waals surface area contributed by atoms with Gasteiger partial charge in [-0.05, 0) is 24.7 Å². The Hall–Kier alpha value is -1.30. The van der Waals surface area contributed by atoms with Crippen molar-refractivity contribution in [2.24, 2.45) is 5.73 Å². The zero-order valence-corrected chi connectivity index (χ0v) is 11.7. The van der Waals surface area contributed by atoms with Crippen LogP contribution >= 0.6 is 23.2 Å². The van der Waals surface area contributed by atoms with Crippen molar-refractivity contribution in [1.82, 2.24) is 15.0 Å². The molecule has 2 N–H and O–H groups in total. The summed E-state index contributed by atoms with van der Waals surface area (Å²) in [5, 5.41) is 9.05. The van der Waals surface area contributed by atoms with Gasteiger partial charge in [-0.3, -0.25) is 0 Å². The summed E-state index contributed by atoms with van der Waals surface area (Å²) in [6.07, 6.45) is 2.59. The lowest BCUT2D eigenvalue weighted by Crippen LogP contribution is -2.09. The monoisotopic (exact) mass is 300 g/mol. The van der Waals surface area contributed by atoms with Gasteiger partial charge in [-0.25, -0.2) is 4.68 Å². The first-order valence-corrected chi connectivity index (χ1v) is 6.61. The zero-order valence-electron chi connectivity index (χ0n) is 10.2. The van der Waals surface area contributed by atoms with Crippen LogP contribution in [0.4, 0.5) is 0 Å². The summed E-state index contributed by atoms with van der Waals surface area (Å²) in [6.45, 7) is 1.61. The van der Waals surface area contributed by atoms with E-state index in [-0.39, 0.29) is 0 Å². The molecule has 0 saturated carbocycles. The summed E-state index contributed by atoms with van der Waals surface area (Å²) >= 11 is 11.8. The summed E-state index contributed by atoms with van der Waals surface area (Å²) in [7, 11) is 0. The minimum atomic E-state index is 0.451. The van der Waals surface area contributed by atoms with E-state index in [1.165, 1.54) is 0 Å². The third-order valence-corrected chi connectivity index (χ3v) is 2.99. The molecule has 5 nitrogen and oxygen atoms in total. The van der Waals surface area contributed by atoms with Gasteiger partial charge in [0.1, 0.15) is 12.4 Å². The Balaban J connectivity index is 1.85. The van der Waals surface area contributed by atoms with Crippen LogP contribution in [0.1, 0.15) is 5.69 Å². The molecule has 0 aliphatic carbocycles. The van der Waals surface area contributed by atoms with Crippen molar-refractivity contribution >= 4 is 23.2 Å². The van der Waals surface area contributed by atoms with E-state index in [2.05, 4.69) is 10.3 Å². The van der Waals surface area contributed by atoms with Crippen LogP contribution in [0.25, 0.3) is 0 Å². The number of rotatable bonds is 6. The quantitative estimate of drug-likeness (QED) is 0.888. The van der Waals surface area contributed by atoms with E-state index in [0.717, 1.165) is 12.1 Å². The number of halogens is 2. The van der Waals surface area contributed by atoms with Crippen LogP contribution in [0.15, 0.2) is 24.4 Å². The third-order valence-electron chi connectivity index (χ3n) is 2.46. The molecule has 0 spiro atoms. The van der Waals surface area contributed by atoms with E-state index in [1.54, 1.807) is 22.9 Å². The first kappa shape index (κ1) is 14.1. The molecule has 0 radical (unpaired) electrons. The highest BCUT2D eigenvalue weighted by atomic mass is 35.5. The number of hydrogen-bond donors (Lipinski definition) is 1. The Kier molecular flexibility index (Phi) is 5.01. The number of hydrogen-bond acceptors (Lipinski definition) is 4. The Morgan fingerprint density at radius 2 is 2.16 bits per heavy atom. The highest BCUT2D eigenvalue weighted by Crippen LogP contribution is 2.27. The lowest BCUT2D eigenvalue weighted by molar-refractivity contribution is 0.290. The summed E-state index contributed by atoms with van der Waals surface area (Å²) < 4.78 is 7.28. The van der Waals surface area contributed by atoms with Crippen LogP contribution in [-0.4, -0.2) is 28.1 Å². The van der Waals surface area contributed by atoms with Crippen molar-refractivity contribution in [2.75, 3.05) is 13.2 Å². The maximum atomic E-state index is 6.00. The second-order valence-corrected chi connectivity index (χ2v) is 4.78. The fourth-order valence-electron chi connectivity index (χ4n) is 1.55. The minimum Gasteiger partial charge on any atom is -0.490 e. The smallest absolute Gasteiger partial charge is 0.138 e. The van der Waals surface area contributed by atoms with Crippen LogP contribution in [0, 0.1) is 0 Å². The number of aromatic nitrogens is 3. The molecule has 0 bridgehead atoms. The standard InChI is InChI=1S/C12H14Cl2N4O/c13-9-1-2-12(11(14)7-9)19-6-5-18-8-10(3-4-15)16-17-18/h1-2,7-8H,3-6,15H2. The van der Waals surface area contributed by atoms with Crippen molar-refractivity contribution in [1.29, 1.82) is 0 Å². The van der Waals surface area contributed by atoms with Gasteiger partial charge < -0.3 is 10.5 Å². The second kappa shape index (κ2) is 6.75. The third kappa shape index (κ3) is 4.09. The number of nitrogens with zero attached hydrogens (tertiary/aromatic N) is 3. The first-order chi connectivity index (χ1) is 9.19. The van der Waals surface area contributed by atoms with Gasteiger partial charge in [0.25, 0.3) is 0 Å². The molecule has 0 unspecified atom stereocenters. The van der Waals surface area contributed by atoms with Crippen molar-refractivity contribution < 1.29 is 4.74 Å². The van der Waals surface area contributed by atoms with E-state index in [1.807, 2.05) is 6.20 Å². The molecule has 1 aromatic heterocycles. The Morgan fingerprint density at radius 3 is 2.89 bits per heavy atom. The average Bonchev–Trinajstić information content (AvgIpc) is 2.80. The molecular weight excluding hydrogens is 287 g/mol. The highest BCUT2D eigenvalue weighted by Gasteiger charge is 2.03. The lowest BCUT2D eigenvalue weighted by atomic mass is 10.3. The van der Waals surface area contributed by atoms with Gasteiger partial charge in [-0.1, -0.05) is 28.4 Å². The summed E-state index contributed by atoms with van der Waals surface area (Å²) in [4.78, 5) is 0. The summed E-state index contributed by atoms with van der Waals surface area (Å²) in [5.74, 6) is 0.605. The number of ether oxygens (including phenoxy) is 1. The molecule has 0 fully saturated rings. The molecule has 102 valence electrons. The highest BCUT2D eigenvalue weighted by molar-refractivity contribution is 6.35. The van der Waals surface area contributed by atoms with Gasteiger partial charge in [0.15, 0.2) is 0 Å². The maximum Gasteiger partial charge on any atom is 0.138 e. The van der Waals surface area contributed by atoms with E-state index in [9.17, 15) is 0 Å². The molecule has 7 heteroatoms. The van der Waals surface area contributed by atoms with Crippen LogP contribution in [-0.2, 0) is 13.0 Å². The second-order valence-electron chi connectivity index (χ2n) is 3.93. The zero-order chi connectivity index (χ0) is 13.7. The molecular formula is C12H14Cl2N4O. The molecule has 2 rings (SSSR count). The Labute approximate surface area is 121 Å². The summed E-state index contributed by atoms with van der Waals surface area (Å²) in [6, 6.07) is 5.12. The topological polar surface area (TPSA) is 66.0 Å². The number of nitrogens with two attached hydrogens (primary N) is 1. The van der Waals surface area contributed by atoms with Crippen LogP contribution in [0.3, 0.4) is 0 Å². The Morgan fingerprint density at radius 1 is 1.32 bits per heavy atom. The van der Waals surface area contributed by atoms with Crippen molar-refractivity contribution in [3.8, 4) is 5.75 Å². The molecule has 1 heterocycles. The van der Waals surface area contributed by atoms with Gasteiger partial charge in [-0.2, -0.15) is 0 Å². The molecule has 0 amide bonds. The summed E-state index contributed by atoms with van der Waals surface area (Å²) in [5.41, 5.74) is 6.33. The predicted octanol–water partition coefficient (Wildman–Crippen LogP) is 2.17. The van der Waals surface area contributed by atoms with E-state index >= 15 is 0 Å². The van der Waals surface area contributed by atoms with Gasteiger partial charge in [-0.15, -0.1) is 5.10 Å². The van der Waals surface area contributed by atoms with Crippen molar-refractivity contribution in [3.05, 3.63) is 40.1 Å². The van der Waals surface area contributed by atoms with Gasteiger partial charge in [0.2, 0.25) is 0 Å². The largest absolute Gasteiger partial charge is 0.490 e. The fraction of sp³-hybridized carbons (Fsp3) is 0.333. The minimum absolute atomic E-state index is 0.451. The van der Waals surface area contributed by atoms with Gasteiger partial charge >= 0.3 is 0 Å². The molecule has 19 heavy (non-hydrogen) atoms. The van der Waals surface area contributed by atoms with E-state index in [0.29, 0.717) is 35.5 Å². The SMILES string of the molecule is NCCc1cn(CCOc2ccc(Cl)cc2Cl)nn1. The molecule has 0 saturated heterocycles. The van der Waals surface area contributed by atoms with Crippen molar-refractivity contribution in [2.45, 2.75) is 13.0 Å². The van der Waals surface area contributed by atoms with Gasteiger partial charge in [0.05, 0.1) is 17.3 Å². The van der Waals surface area contributed by atoms with E-state index in [4.69, 9.17) is 33.7 Å². The molecule has 0 atom stereocenters. The molecule has 0 aliphatic heterocycles. The van der Waals surface area contributed by atoms with E-state index < -0.39 is 0 Å². The molecule has 2 aromatic rings. The van der Waals surface area contributed by atoms with Gasteiger partial charge in [0, 0.05) is 17.6 Å². The van der Waals surface area contributed by atoms with Crippen LogP contribution < -0.4 is 10.5 Å². The number of benzene rings is 1. The maximum absolute atomic E-state index is 6.00. The molecule has 0 aliphatic rings. The average molecular weight is 301 g/mol. The van der Waals surface area contributed by atoms with Crippen molar-refractivity contribution in [3.63, 3.8) is 0 Å². The van der Waals surface area contributed by atoms with Crippen LogP contribution in [0.2, 0.25) is 10.0 Å². The normalized spacial score (nSPS) is 10.7. The lowest BCUT2D eigenvalue weighted by Gasteiger charge is -2.07. The van der Waals surface area contributed by atoms with Crippen LogP contribution in [0.5, 0.6) is 5.75 Å². The Bertz CT molecular complexity index is 544. The predicted molar refractivity (Wildman–Crippen MR) is 74.7 cm³/mol. The fourth-order valence-corrected chi connectivity index (χ4v) is 2.01.